The van der Waals surface area contributed by atoms with E-state index in [1.807, 2.05) is 0 Å². The maximum Gasteiger partial charge on any atom is 0.460 e. The summed E-state index contributed by atoms with van der Waals surface area (Å²) in [6, 6.07) is -1.89. The number of hydrogen-bond donors (Lipinski definition) is 1. The lowest BCUT2D eigenvalue weighted by Crippen LogP contribution is -2.69. The second-order valence-electron chi connectivity index (χ2n) is 9.26. The number of hydrogen-bond acceptors (Lipinski definition) is 1. The summed E-state index contributed by atoms with van der Waals surface area (Å²) in [4.78, 5) is 0. The summed E-state index contributed by atoms with van der Waals surface area (Å²) in [5.74, 6) is -83.0. The Labute approximate surface area is 240 Å². The van der Waals surface area contributed by atoms with Crippen molar-refractivity contribution in [2.24, 2.45) is 5.73 Å². The van der Waals surface area contributed by atoms with Crippen molar-refractivity contribution < 1.29 is 114 Å². The maximum absolute atomic E-state index is 14.7. The quantitative estimate of drug-likeness (QED) is 0.224. The zero-order chi connectivity index (χ0) is 38.4. The van der Waals surface area contributed by atoms with Crippen molar-refractivity contribution in [3.05, 3.63) is 34.4 Å². The second-order valence-corrected chi connectivity index (χ2v) is 9.26. The molecule has 1 nitrogen and oxygen atoms in total. The molecule has 0 heterocycles. The van der Waals surface area contributed by atoms with Gasteiger partial charge in [0.05, 0.1) is 0 Å². The first-order chi connectivity index (χ1) is 20.1. The van der Waals surface area contributed by atoms with Crippen LogP contribution in [0.3, 0.4) is 0 Å². The van der Waals surface area contributed by atoms with Crippen molar-refractivity contribution in [3.8, 4) is 0 Å². The van der Waals surface area contributed by atoms with Gasteiger partial charge >= 0.3 is 71.6 Å². The summed E-state index contributed by atoms with van der Waals surface area (Å²) in [6.07, 6.45) is -15.8. The minimum Gasteiger partial charge on any atom is -0.326 e. The van der Waals surface area contributed by atoms with Crippen molar-refractivity contribution in [1.82, 2.24) is 0 Å². The molecule has 0 saturated heterocycles. The highest BCUT2D eigenvalue weighted by molar-refractivity contribution is 5.45. The molecule has 0 aliphatic heterocycles. The van der Waals surface area contributed by atoms with Gasteiger partial charge in [-0.2, -0.15) is 114 Å². The molecule has 0 unspecified atom stereocenters. The van der Waals surface area contributed by atoms with E-state index < -0.39 is 119 Å². The summed E-state index contributed by atoms with van der Waals surface area (Å²) in [5, 5.41) is 0. The Bertz CT molecular complexity index is 1220. The summed E-state index contributed by atoms with van der Waals surface area (Å²) < 4.78 is 352. The lowest BCUT2D eigenvalue weighted by molar-refractivity contribution is -0.442. The molecule has 0 aliphatic rings. The van der Waals surface area contributed by atoms with E-state index in [0.717, 1.165) is 0 Å². The van der Waals surface area contributed by atoms with E-state index in [2.05, 4.69) is 0 Å². The third-order valence-electron chi connectivity index (χ3n) is 6.25. The molecule has 0 spiro atoms. The monoisotopic (exact) mass is 757 g/mol. The highest BCUT2D eigenvalue weighted by Crippen LogP contribution is 2.65. The van der Waals surface area contributed by atoms with E-state index in [-0.39, 0.29) is 0 Å². The van der Waals surface area contributed by atoms with Gasteiger partial charge in [-0.05, 0) is 30.2 Å². The van der Waals surface area contributed by atoms with Crippen LogP contribution in [-0.2, 0) is 18.4 Å². The fourth-order valence-corrected chi connectivity index (χ4v) is 3.42. The molecular formula is C20H9F26N. The molecule has 0 radical (unpaired) electrons. The van der Waals surface area contributed by atoms with Gasteiger partial charge in [-0.15, -0.1) is 0 Å². The molecule has 276 valence electrons. The standard InChI is InChI=1S/C20H9F26N/c1-5-7(9(21,22)11(25,26)13(29,30)15(33,34)17(37,38)19(41,42)43)2-6(4-47)3-8(5)10(23,24)12(27,28)14(31,32)16(35,36)18(39,40)20(44,45)46/h2-3H,4,47H2,1H3. The van der Waals surface area contributed by atoms with Crippen LogP contribution in [0, 0.1) is 6.92 Å². The predicted octanol–water partition coefficient (Wildman–Crippen LogP) is 9.84. The summed E-state index contributed by atoms with van der Waals surface area (Å²) in [5.41, 5.74) is -7.28. The Morgan fingerprint density at radius 2 is 0.596 bits per heavy atom. The molecule has 2 N–H and O–H groups in total. The van der Waals surface area contributed by atoms with Crippen molar-refractivity contribution in [1.29, 1.82) is 0 Å². The van der Waals surface area contributed by atoms with Crippen LogP contribution in [0.5, 0.6) is 0 Å². The number of rotatable bonds is 11. The molecule has 1 aromatic carbocycles. The van der Waals surface area contributed by atoms with Crippen LogP contribution in [0.2, 0.25) is 0 Å². The van der Waals surface area contributed by atoms with Gasteiger partial charge in [0.25, 0.3) is 0 Å². The summed E-state index contributed by atoms with van der Waals surface area (Å²) in [7, 11) is 0. The molecule has 0 saturated carbocycles. The van der Waals surface area contributed by atoms with Crippen LogP contribution >= 0.6 is 0 Å². The van der Waals surface area contributed by atoms with Gasteiger partial charge in [-0.1, -0.05) is 0 Å². The zero-order valence-corrected chi connectivity index (χ0v) is 21.3. The number of halogens is 26. The molecule has 0 atom stereocenters. The van der Waals surface area contributed by atoms with Gasteiger partial charge in [0.2, 0.25) is 0 Å². The molecule has 1 aromatic rings. The van der Waals surface area contributed by atoms with E-state index in [4.69, 9.17) is 5.73 Å². The van der Waals surface area contributed by atoms with E-state index in [9.17, 15) is 114 Å². The minimum atomic E-state index is -8.64. The average Bonchev–Trinajstić information content (AvgIpc) is 2.86. The van der Waals surface area contributed by atoms with Crippen molar-refractivity contribution >= 4 is 0 Å². The van der Waals surface area contributed by atoms with Crippen LogP contribution in [0.1, 0.15) is 22.3 Å². The van der Waals surface area contributed by atoms with Gasteiger partial charge in [0.15, 0.2) is 0 Å². The zero-order valence-electron chi connectivity index (χ0n) is 21.3. The lowest BCUT2D eigenvalue weighted by atomic mass is 9.83. The SMILES string of the molecule is Cc1c(C(F)(F)C(F)(F)C(F)(F)C(F)(F)C(F)(F)C(F)(F)F)cc(CN)cc1C(F)(F)C(F)(F)C(F)(F)C(F)(F)C(F)(F)C(F)(F)F. The normalized spacial score (nSPS) is 16.2. The Morgan fingerprint density at radius 3 is 0.787 bits per heavy atom. The highest BCUT2D eigenvalue weighted by Gasteiger charge is 2.92. The van der Waals surface area contributed by atoms with Crippen molar-refractivity contribution in [2.75, 3.05) is 0 Å². The fraction of sp³-hybridized carbons (Fsp3) is 0.700. The third-order valence-corrected chi connectivity index (χ3v) is 6.25. The predicted molar refractivity (Wildman–Crippen MR) is 98.5 cm³/mol. The van der Waals surface area contributed by atoms with Gasteiger partial charge in [0, 0.05) is 17.7 Å². The van der Waals surface area contributed by atoms with Crippen LogP contribution in [-0.4, -0.2) is 59.7 Å². The van der Waals surface area contributed by atoms with Crippen molar-refractivity contribution in [2.45, 2.75) is 85.0 Å². The van der Waals surface area contributed by atoms with E-state index in [1.54, 1.807) is 0 Å². The number of alkyl halides is 26. The molecule has 0 aliphatic carbocycles. The third kappa shape index (κ3) is 5.39. The summed E-state index contributed by atoms with van der Waals surface area (Å²) in [6.45, 7) is -2.55. The smallest absolute Gasteiger partial charge is 0.326 e. The Morgan fingerprint density at radius 1 is 0.383 bits per heavy atom. The number of benzene rings is 1. The van der Waals surface area contributed by atoms with Crippen LogP contribution < -0.4 is 5.73 Å². The highest BCUT2D eigenvalue weighted by atomic mass is 19.4. The topological polar surface area (TPSA) is 26.0 Å². The van der Waals surface area contributed by atoms with Crippen LogP contribution in [0.15, 0.2) is 12.1 Å². The molecule has 0 fully saturated rings. The Balaban J connectivity index is 4.18. The molecule has 47 heavy (non-hydrogen) atoms. The minimum absolute atomic E-state index is 0.736. The van der Waals surface area contributed by atoms with Crippen molar-refractivity contribution in [3.63, 3.8) is 0 Å². The largest absolute Gasteiger partial charge is 0.460 e. The molecule has 1 rings (SSSR count). The van der Waals surface area contributed by atoms with Gasteiger partial charge in [-0.25, -0.2) is 0 Å². The number of nitrogens with two attached hydrogens (primary N) is 1. The first-order valence-electron chi connectivity index (χ1n) is 10.8. The first kappa shape index (κ1) is 42.4. The van der Waals surface area contributed by atoms with Gasteiger partial charge in [0.1, 0.15) is 0 Å². The Kier molecular flexibility index (Phi) is 9.86. The summed E-state index contributed by atoms with van der Waals surface area (Å²) >= 11 is 0. The molecule has 0 amide bonds. The van der Waals surface area contributed by atoms with Gasteiger partial charge in [-0.3, -0.25) is 0 Å². The molecule has 0 bridgehead atoms. The fourth-order valence-electron chi connectivity index (χ4n) is 3.42. The van der Waals surface area contributed by atoms with Gasteiger partial charge < -0.3 is 5.73 Å². The molecular weight excluding hydrogens is 748 g/mol. The first-order valence-corrected chi connectivity index (χ1v) is 10.8. The second kappa shape index (κ2) is 10.9. The molecule has 0 aromatic heterocycles. The van der Waals surface area contributed by atoms with E-state index in [1.165, 1.54) is 0 Å². The van der Waals surface area contributed by atoms with Crippen LogP contribution in [0.4, 0.5) is 114 Å². The maximum atomic E-state index is 14.7. The van der Waals surface area contributed by atoms with E-state index >= 15 is 0 Å². The Hall–Kier alpha value is -2.64. The average molecular weight is 757 g/mol. The van der Waals surface area contributed by atoms with Crippen LogP contribution in [0.25, 0.3) is 0 Å². The lowest BCUT2D eigenvalue weighted by Gasteiger charge is -2.41. The van der Waals surface area contributed by atoms with E-state index in [0.29, 0.717) is 0 Å². The molecule has 27 heteroatoms.